The van der Waals surface area contributed by atoms with E-state index in [-0.39, 0.29) is 5.91 Å². The highest BCUT2D eigenvalue weighted by molar-refractivity contribution is 5.80. The first-order valence-electron chi connectivity index (χ1n) is 5.46. The van der Waals surface area contributed by atoms with E-state index in [0.29, 0.717) is 0 Å². The number of hydrogen-bond acceptors (Lipinski definition) is 2. The summed E-state index contributed by atoms with van der Waals surface area (Å²) >= 11 is 0. The molecule has 1 amide bonds. The highest BCUT2D eigenvalue weighted by atomic mass is 16.1. The Morgan fingerprint density at radius 3 is 1.93 bits per heavy atom. The van der Waals surface area contributed by atoms with Gasteiger partial charge in [0.15, 0.2) is 0 Å². The molecule has 0 radical (unpaired) electrons. The van der Waals surface area contributed by atoms with Gasteiger partial charge in [0.25, 0.3) is 0 Å². The van der Waals surface area contributed by atoms with E-state index in [2.05, 4.69) is 18.7 Å². The Balaban J connectivity index is 4.19. The number of amides is 1. The minimum absolute atomic E-state index is 0.213. The van der Waals surface area contributed by atoms with Gasteiger partial charge in [-0.2, -0.15) is 0 Å². The van der Waals surface area contributed by atoms with Crippen molar-refractivity contribution in [2.45, 2.75) is 40.5 Å². The molecule has 0 aromatic rings. The monoisotopic (exact) mass is 200 g/mol. The maximum atomic E-state index is 11.2. The smallest absolute Gasteiger partial charge is 0.224 e. The van der Waals surface area contributed by atoms with Crippen molar-refractivity contribution >= 4 is 5.91 Å². The molecule has 0 aliphatic carbocycles. The Bertz CT molecular complexity index is 172. The second-order valence-corrected chi connectivity index (χ2v) is 4.52. The van der Waals surface area contributed by atoms with Gasteiger partial charge < -0.3 is 10.6 Å². The number of nitrogens with zero attached hydrogens (tertiary/aromatic N) is 1. The first-order chi connectivity index (χ1) is 6.44. The quantitative estimate of drug-likeness (QED) is 0.679. The molecule has 0 unspecified atom stereocenters. The van der Waals surface area contributed by atoms with Gasteiger partial charge in [-0.1, -0.05) is 13.8 Å². The summed E-state index contributed by atoms with van der Waals surface area (Å²) in [5, 5.41) is 0. The van der Waals surface area contributed by atoms with Crippen molar-refractivity contribution in [3.05, 3.63) is 0 Å². The topological polar surface area (TPSA) is 46.3 Å². The molecule has 3 heteroatoms. The summed E-state index contributed by atoms with van der Waals surface area (Å²) in [5.41, 5.74) is 4.93. The first-order valence-corrected chi connectivity index (χ1v) is 5.46. The highest BCUT2D eigenvalue weighted by Crippen LogP contribution is 2.16. The molecule has 0 saturated heterocycles. The van der Waals surface area contributed by atoms with E-state index in [1.807, 2.05) is 13.8 Å². The predicted octanol–water partition coefficient (Wildman–Crippen LogP) is 1.62. The molecule has 84 valence electrons. The fourth-order valence-electron chi connectivity index (χ4n) is 1.54. The summed E-state index contributed by atoms with van der Waals surface area (Å²) in [5.74, 6) is -0.213. The van der Waals surface area contributed by atoms with Crippen LogP contribution in [0.3, 0.4) is 0 Å². The molecule has 0 spiro atoms. The third kappa shape index (κ3) is 4.61. The molecule has 0 aromatic carbocycles. The van der Waals surface area contributed by atoms with E-state index >= 15 is 0 Å². The van der Waals surface area contributed by atoms with Crippen LogP contribution in [0.25, 0.3) is 0 Å². The van der Waals surface area contributed by atoms with Crippen molar-refractivity contribution in [3.63, 3.8) is 0 Å². The summed E-state index contributed by atoms with van der Waals surface area (Å²) in [6, 6.07) is 0. The minimum atomic E-state index is -0.412. The lowest BCUT2D eigenvalue weighted by molar-refractivity contribution is -0.127. The largest absolute Gasteiger partial charge is 0.369 e. The van der Waals surface area contributed by atoms with Gasteiger partial charge in [-0.05, 0) is 39.8 Å². The first kappa shape index (κ1) is 13.4. The zero-order chi connectivity index (χ0) is 11.2. The van der Waals surface area contributed by atoms with E-state index in [1.165, 1.54) is 0 Å². The third-order valence-electron chi connectivity index (χ3n) is 2.37. The van der Waals surface area contributed by atoms with Crippen LogP contribution in [0.2, 0.25) is 0 Å². The molecule has 0 rings (SSSR count). The fraction of sp³-hybridized carbons (Fsp3) is 0.909. The highest BCUT2D eigenvalue weighted by Gasteiger charge is 2.27. The van der Waals surface area contributed by atoms with Crippen LogP contribution in [0.5, 0.6) is 0 Å². The molecular formula is C11H24N2O. The van der Waals surface area contributed by atoms with E-state index in [1.54, 1.807) is 0 Å². The van der Waals surface area contributed by atoms with E-state index < -0.39 is 5.41 Å². The number of primary amides is 1. The number of hydrogen-bond donors (Lipinski definition) is 1. The molecule has 0 aromatic heterocycles. The predicted molar refractivity (Wildman–Crippen MR) is 60.0 cm³/mol. The van der Waals surface area contributed by atoms with Crippen LogP contribution in [0.1, 0.15) is 40.5 Å². The Hall–Kier alpha value is -0.570. The normalized spacial score (nSPS) is 12.1. The molecule has 0 aliphatic rings. The fourth-order valence-corrected chi connectivity index (χ4v) is 1.54. The van der Waals surface area contributed by atoms with Gasteiger partial charge in [-0.25, -0.2) is 0 Å². The average Bonchev–Trinajstić information content (AvgIpc) is 2.04. The average molecular weight is 200 g/mol. The van der Waals surface area contributed by atoms with Gasteiger partial charge in [-0.15, -0.1) is 0 Å². The molecule has 14 heavy (non-hydrogen) atoms. The molecule has 0 bridgehead atoms. The zero-order valence-corrected chi connectivity index (χ0v) is 9.97. The van der Waals surface area contributed by atoms with Crippen molar-refractivity contribution in [3.8, 4) is 0 Å². The van der Waals surface area contributed by atoms with Crippen molar-refractivity contribution in [2.24, 2.45) is 11.1 Å². The second kappa shape index (κ2) is 6.02. The standard InChI is InChI=1S/C11H24N2O/c1-5-7-13(8-6-2)9-11(3,4)10(12)14/h5-9H2,1-4H3,(H2,12,14). The molecular weight excluding hydrogens is 176 g/mol. The van der Waals surface area contributed by atoms with E-state index in [9.17, 15) is 4.79 Å². The van der Waals surface area contributed by atoms with Crippen molar-refractivity contribution in [1.82, 2.24) is 4.90 Å². The van der Waals surface area contributed by atoms with Crippen LogP contribution >= 0.6 is 0 Å². The maximum Gasteiger partial charge on any atom is 0.224 e. The van der Waals surface area contributed by atoms with Crippen LogP contribution < -0.4 is 5.73 Å². The summed E-state index contributed by atoms with van der Waals surface area (Å²) in [6.07, 6.45) is 2.24. The lowest BCUT2D eigenvalue weighted by atomic mass is 9.92. The SMILES string of the molecule is CCCN(CCC)CC(C)(C)C(N)=O. The van der Waals surface area contributed by atoms with Crippen molar-refractivity contribution in [1.29, 1.82) is 0 Å². The number of nitrogens with two attached hydrogens (primary N) is 1. The molecule has 0 saturated carbocycles. The summed E-state index contributed by atoms with van der Waals surface area (Å²) in [6.45, 7) is 11.0. The van der Waals surface area contributed by atoms with Gasteiger partial charge in [0.05, 0.1) is 5.41 Å². The molecule has 0 heterocycles. The Kier molecular flexibility index (Phi) is 5.77. The summed E-state index contributed by atoms with van der Waals surface area (Å²) in [7, 11) is 0. The zero-order valence-electron chi connectivity index (χ0n) is 9.97. The van der Waals surface area contributed by atoms with Gasteiger partial charge >= 0.3 is 0 Å². The number of carbonyl (C=O) groups excluding carboxylic acids is 1. The lowest BCUT2D eigenvalue weighted by Crippen LogP contribution is -2.43. The third-order valence-corrected chi connectivity index (χ3v) is 2.37. The second-order valence-electron chi connectivity index (χ2n) is 4.52. The molecule has 0 atom stereocenters. The van der Waals surface area contributed by atoms with Crippen LogP contribution in [-0.2, 0) is 4.79 Å². The summed E-state index contributed by atoms with van der Waals surface area (Å²) in [4.78, 5) is 13.5. The van der Waals surface area contributed by atoms with Crippen LogP contribution in [-0.4, -0.2) is 30.4 Å². The Morgan fingerprint density at radius 1 is 1.21 bits per heavy atom. The Labute approximate surface area is 87.6 Å². The van der Waals surface area contributed by atoms with Gasteiger partial charge in [0.2, 0.25) is 5.91 Å². The van der Waals surface area contributed by atoms with Crippen LogP contribution in [0.4, 0.5) is 0 Å². The lowest BCUT2D eigenvalue weighted by Gasteiger charge is -2.29. The summed E-state index contributed by atoms with van der Waals surface area (Å²) < 4.78 is 0. The molecule has 3 nitrogen and oxygen atoms in total. The van der Waals surface area contributed by atoms with Gasteiger partial charge in [0, 0.05) is 6.54 Å². The van der Waals surface area contributed by atoms with Gasteiger partial charge in [-0.3, -0.25) is 4.79 Å². The van der Waals surface area contributed by atoms with Crippen molar-refractivity contribution < 1.29 is 4.79 Å². The van der Waals surface area contributed by atoms with Crippen molar-refractivity contribution in [2.75, 3.05) is 19.6 Å². The molecule has 0 aliphatic heterocycles. The van der Waals surface area contributed by atoms with Crippen LogP contribution in [0.15, 0.2) is 0 Å². The van der Waals surface area contributed by atoms with Gasteiger partial charge in [0.1, 0.15) is 0 Å². The Morgan fingerprint density at radius 2 is 1.64 bits per heavy atom. The van der Waals surface area contributed by atoms with Crippen LogP contribution in [0, 0.1) is 5.41 Å². The number of rotatable bonds is 7. The molecule has 0 fully saturated rings. The maximum absolute atomic E-state index is 11.2. The van der Waals surface area contributed by atoms with E-state index in [4.69, 9.17) is 5.73 Å². The van der Waals surface area contributed by atoms with E-state index in [0.717, 1.165) is 32.5 Å². The number of carbonyl (C=O) groups is 1. The minimum Gasteiger partial charge on any atom is -0.369 e. The molecule has 2 N–H and O–H groups in total.